The fourth-order valence-corrected chi connectivity index (χ4v) is 2.78. The average molecular weight is 244 g/mol. The minimum absolute atomic E-state index is 0.540. The fourth-order valence-electron chi connectivity index (χ4n) is 2.78. The number of imidazole rings is 1. The van der Waals surface area contributed by atoms with E-state index in [1.807, 2.05) is 6.20 Å². The molecule has 4 heteroatoms. The third kappa shape index (κ3) is 1.86. The van der Waals surface area contributed by atoms with Crippen molar-refractivity contribution in [3.05, 3.63) is 30.4 Å². The second kappa shape index (κ2) is 4.61. The summed E-state index contributed by atoms with van der Waals surface area (Å²) in [6.07, 6.45) is 6.60. The number of pyridine rings is 1. The first-order valence-electron chi connectivity index (χ1n) is 6.61. The molecule has 0 spiro atoms. The molecule has 0 radical (unpaired) electrons. The molecule has 1 unspecified atom stereocenters. The van der Waals surface area contributed by atoms with Gasteiger partial charge in [0.2, 0.25) is 0 Å². The highest BCUT2D eigenvalue weighted by atomic mass is 15.1. The molecule has 1 aliphatic heterocycles. The van der Waals surface area contributed by atoms with Crippen LogP contribution in [0.2, 0.25) is 0 Å². The van der Waals surface area contributed by atoms with E-state index in [2.05, 4.69) is 52.0 Å². The summed E-state index contributed by atoms with van der Waals surface area (Å²) in [5, 5.41) is 3.46. The van der Waals surface area contributed by atoms with Crippen LogP contribution in [0.4, 0.5) is 5.69 Å². The Kier molecular flexibility index (Phi) is 2.96. The van der Waals surface area contributed by atoms with E-state index in [0.717, 1.165) is 13.1 Å². The van der Waals surface area contributed by atoms with E-state index in [-0.39, 0.29) is 0 Å². The first-order valence-corrected chi connectivity index (χ1v) is 6.61. The molecule has 18 heavy (non-hydrogen) atoms. The van der Waals surface area contributed by atoms with Gasteiger partial charge in [-0.2, -0.15) is 0 Å². The van der Waals surface area contributed by atoms with Crippen LogP contribution in [0, 0.1) is 0 Å². The molecule has 0 saturated carbocycles. The second-order valence-corrected chi connectivity index (χ2v) is 5.20. The van der Waals surface area contributed by atoms with Crippen LogP contribution in [0.15, 0.2) is 24.5 Å². The number of aromatic nitrogens is 2. The van der Waals surface area contributed by atoms with Gasteiger partial charge in [0.05, 0.1) is 17.4 Å². The van der Waals surface area contributed by atoms with E-state index in [9.17, 15) is 0 Å². The Morgan fingerprint density at radius 1 is 1.44 bits per heavy atom. The summed E-state index contributed by atoms with van der Waals surface area (Å²) in [6, 6.07) is 4.24. The smallest absolute Gasteiger partial charge is 0.117 e. The van der Waals surface area contributed by atoms with E-state index in [4.69, 9.17) is 0 Å². The third-order valence-corrected chi connectivity index (χ3v) is 3.72. The number of hydrogen-bond donors (Lipinski definition) is 1. The lowest BCUT2D eigenvalue weighted by atomic mass is 9.99. The van der Waals surface area contributed by atoms with Crippen molar-refractivity contribution in [2.45, 2.75) is 18.8 Å². The molecule has 1 aliphatic rings. The van der Waals surface area contributed by atoms with Crippen molar-refractivity contribution in [1.29, 1.82) is 0 Å². The predicted molar refractivity (Wildman–Crippen MR) is 74.4 cm³/mol. The average Bonchev–Trinajstić information content (AvgIpc) is 2.83. The van der Waals surface area contributed by atoms with E-state index in [1.165, 1.54) is 29.9 Å². The summed E-state index contributed by atoms with van der Waals surface area (Å²) < 4.78 is 2.24. The maximum Gasteiger partial charge on any atom is 0.117 e. The zero-order chi connectivity index (χ0) is 12.5. The van der Waals surface area contributed by atoms with Crippen molar-refractivity contribution in [3.8, 4) is 0 Å². The van der Waals surface area contributed by atoms with Crippen molar-refractivity contribution in [1.82, 2.24) is 14.7 Å². The number of nitrogens with zero attached hydrogens (tertiary/aromatic N) is 3. The Morgan fingerprint density at radius 2 is 2.33 bits per heavy atom. The molecule has 2 aromatic rings. The zero-order valence-corrected chi connectivity index (χ0v) is 11.1. The van der Waals surface area contributed by atoms with Crippen molar-refractivity contribution < 1.29 is 0 Å². The van der Waals surface area contributed by atoms with Gasteiger partial charge in [-0.05, 0) is 31.5 Å². The fraction of sp³-hybridized carbons (Fsp3) is 0.500. The van der Waals surface area contributed by atoms with Crippen LogP contribution < -0.4 is 10.2 Å². The molecule has 1 atom stereocenters. The molecule has 4 nitrogen and oxygen atoms in total. The Hall–Kier alpha value is -1.55. The van der Waals surface area contributed by atoms with Gasteiger partial charge in [0.15, 0.2) is 0 Å². The second-order valence-electron chi connectivity index (χ2n) is 5.20. The molecule has 96 valence electrons. The Morgan fingerprint density at radius 3 is 3.06 bits per heavy atom. The molecule has 1 saturated heterocycles. The lowest BCUT2D eigenvalue weighted by molar-refractivity contribution is 0.445. The Balaban J connectivity index is 2.06. The van der Waals surface area contributed by atoms with Gasteiger partial charge in [-0.1, -0.05) is 0 Å². The molecule has 3 heterocycles. The van der Waals surface area contributed by atoms with Crippen LogP contribution >= 0.6 is 0 Å². The molecular weight excluding hydrogens is 224 g/mol. The third-order valence-electron chi connectivity index (χ3n) is 3.72. The first kappa shape index (κ1) is 11.5. The summed E-state index contributed by atoms with van der Waals surface area (Å²) in [4.78, 5) is 6.80. The van der Waals surface area contributed by atoms with Crippen molar-refractivity contribution in [2.24, 2.45) is 0 Å². The van der Waals surface area contributed by atoms with E-state index in [0.29, 0.717) is 5.92 Å². The molecule has 3 rings (SSSR count). The number of hydrogen-bond acceptors (Lipinski definition) is 3. The van der Waals surface area contributed by atoms with Gasteiger partial charge in [0, 0.05) is 32.8 Å². The van der Waals surface area contributed by atoms with Gasteiger partial charge in [-0.15, -0.1) is 0 Å². The van der Waals surface area contributed by atoms with Crippen LogP contribution in [0.5, 0.6) is 0 Å². The summed E-state index contributed by atoms with van der Waals surface area (Å²) in [7, 11) is 4.15. The molecule has 0 aromatic carbocycles. The van der Waals surface area contributed by atoms with Crippen LogP contribution in [0.1, 0.15) is 24.6 Å². The van der Waals surface area contributed by atoms with Gasteiger partial charge in [0.25, 0.3) is 0 Å². The lowest BCUT2D eigenvalue weighted by Gasteiger charge is -2.22. The van der Waals surface area contributed by atoms with Crippen LogP contribution in [-0.2, 0) is 0 Å². The Bertz CT molecular complexity index is 538. The number of nitrogens with one attached hydrogen (secondary N) is 1. The highest BCUT2D eigenvalue weighted by Crippen LogP contribution is 2.26. The maximum atomic E-state index is 4.66. The van der Waals surface area contributed by atoms with Crippen LogP contribution in [0.3, 0.4) is 0 Å². The SMILES string of the molecule is CN(C)c1cccn2c(C3CCCNC3)ncc12. The highest BCUT2D eigenvalue weighted by Gasteiger charge is 2.20. The summed E-state index contributed by atoms with van der Waals surface area (Å²) in [5.74, 6) is 1.74. The number of piperidine rings is 1. The zero-order valence-electron chi connectivity index (χ0n) is 11.1. The lowest BCUT2D eigenvalue weighted by Crippen LogP contribution is -2.29. The minimum atomic E-state index is 0.540. The summed E-state index contributed by atoms with van der Waals surface area (Å²) in [6.45, 7) is 2.19. The summed E-state index contributed by atoms with van der Waals surface area (Å²) in [5.41, 5.74) is 2.42. The molecular formula is C14H20N4. The Labute approximate surface area is 108 Å². The van der Waals surface area contributed by atoms with Crippen molar-refractivity contribution in [3.63, 3.8) is 0 Å². The molecule has 0 amide bonds. The highest BCUT2D eigenvalue weighted by molar-refractivity contribution is 5.72. The van der Waals surface area contributed by atoms with E-state index >= 15 is 0 Å². The quantitative estimate of drug-likeness (QED) is 0.875. The van der Waals surface area contributed by atoms with Gasteiger partial charge in [-0.3, -0.25) is 0 Å². The maximum absolute atomic E-state index is 4.66. The van der Waals surface area contributed by atoms with E-state index < -0.39 is 0 Å². The topological polar surface area (TPSA) is 32.6 Å². The van der Waals surface area contributed by atoms with Gasteiger partial charge in [0.1, 0.15) is 5.82 Å². The van der Waals surface area contributed by atoms with Gasteiger partial charge in [-0.25, -0.2) is 4.98 Å². The van der Waals surface area contributed by atoms with Crippen molar-refractivity contribution >= 4 is 11.2 Å². The molecule has 1 fully saturated rings. The van der Waals surface area contributed by atoms with Crippen LogP contribution in [0.25, 0.3) is 5.52 Å². The van der Waals surface area contributed by atoms with Gasteiger partial charge < -0.3 is 14.6 Å². The molecule has 0 bridgehead atoms. The van der Waals surface area contributed by atoms with Crippen LogP contribution in [-0.4, -0.2) is 36.6 Å². The van der Waals surface area contributed by atoms with Crippen molar-refractivity contribution in [2.75, 3.05) is 32.1 Å². The standard InChI is InChI=1S/C14H20N4/c1-17(2)12-6-4-8-18-13(12)10-16-14(18)11-5-3-7-15-9-11/h4,6,8,10-11,15H,3,5,7,9H2,1-2H3. The first-order chi connectivity index (χ1) is 8.77. The normalized spacial score (nSPS) is 20.2. The predicted octanol–water partition coefficient (Wildman–Crippen LogP) is 1.87. The molecule has 0 aliphatic carbocycles. The minimum Gasteiger partial charge on any atom is -0.376 e. The monoisotopic (exact) mass is 244 g/mol. The molecule has 1 N–H and O–H groups in total. The summed E-state index contributed by atoms with van der Waals surface area (Å²) >= 11 is 0. The van der Waals surface area contributed by atoms with Gasteiger partial charge >= 0.3 is 0 Å². The van der Waals surface area contributed by atoms with E-state index in [1.54, 1.807) is 0 Å². The molecule has 2 aromatic heterocycles. The largest absolute Gasteiger partial charge is 0.376 e. The number of fused-ring (bicyclic) bond motifs is 1. The number of rotatable bonds is 2. The number of anilines is 1.